The Hall–Kier alpha value is -5.17. The van der Waals surface area contributed by atoms with Gasteiger partial charge in [-0.2, -0.15) is 5.10 Å². The van der Waals surface area contributed by atoms with E-state index in [9.17, 15) is 14.7 Å². The first-order valence-corrected chi connectivity index (χ1v) is 15.5. The summed E-state index contributed by atoms with van der Waals surface area (Å²) < 4.78 is 13.5. The lowest BCUT2D eigenvalue weighted by molar-refractivity contribution is 0.102. The van der Waals surface area contributed by atoms with Crippen molar-refractivity contribution in [1.29, 1.82) is 0 Å². The molecule has 232 valence electrons. The van der Waals surface area contributed by atoms with Gasteiger partial charge in [-0.15, -0.1) is 11.3 Å². The van der Waals surface area contributed by atoms with Crippen LogP contribution in [0.25, 0.3) is 11.0 Å². The van der Waals surface area contributed by atoms with Gasteiger partial charge in [-0.25, -0.2) is 19.4 Å². The fourth-order valence-corrected chi connectivity index (χ4v) is 5.98. The smallest absolute Gasteiger partial charge is 0.407 e. The highest BCUT2D eigenvalue weighted by Gasteiger charge is 2.26. The molecule has 1 fully saturated rings. The predicted octanol–water partition coefficient (Wildman–Crippen LogP) is 6.11. The van der Waals surface area contributed by atoms with Gasteiger partial charge in [0.2, 0.25) is 0 Å². The van der Waals surface area contributed by atoms with E-state index in [0.29, 0.717) is 58.7 Å². The zero-order valence-corrected chi connectivity index (χ0v) is 25.7. The molecule has 0 unspecified atom stereocenters. The number of fused-ring (bicyclic) bond motifs is 1. The van der Waals surface area contributed by atoms with Crippen molar-refractivity contribution >= 4 is 45.3 Å². The van der Waals surface area contributed by atoms with Gasteiger partial charge in [-0.05, 0) is 61.2 Å². The standard InChI is InChI=1S/C32H33N7O5S/c1-3-25-17-34-31(45-25)36-30(40)21-8-12-24(13-9-21)44-26-14-15-33-29-27(26)28(35-22-5-4-16-38(19-22)32(41)42)37-39(29)18-20-6-10-23(43-2)11-7-20/h6-15,17,22H,3-5,16,18-19H2,1-2H3,(H,35,37)(H,41,42)(H,34,36,40)/t22-/m1/s1. The highest BCUT2D eigenvalue weighted by Crippen LogP contribution is 2.35. The second-order valence-corrected chi connectivity index (χ2v) is 11.8. The second kappa shape index (κ2) is 13.2. The molecule has 3 N–H and O–H groups in total. The number of thiazole rings is 1. The summed E-state index contributed by atoms with van der Waals surface area (Å²) in [6.45, 7) is 3.35. The number of amides is 2. The number of ether oxygens (including phenoxy) is 2. The Kier molecular flexibility index (Phi) is 8.78. The number of anilines is 2. The zero-order chi connectivity index (χ0) is 31.3. The Balaban J connectivity index is 1.27. The van der Waals surface area contributed by atoms with Crippen molar-refractivity contribution < 1.29 is 24.2 Å². The fourth-order valence-electron chi connectivity index (χ4n) is 5.23. The number of rotatable bonds is 10. The molecular formula is C32H33N7O5S. The van der Waals surface area contributed by atoms with Crippen LogP contribution in [-0.2, 0) is 13.0 Å². The minimum atomic E-state index is -0.934. The van der Waals surface area contributed by atoms with E-state index in [1.165, 1.54) is 16.2 Å². The summed E-state index contributed by atoms with van der Waals surface area (Å²) in [7, 11) is 1.63. The highest BCUT2D eigenvalue weighted by molar-refractivity contribution is 7.15. The van der Waals surface area contributed by atoms with E-state index in [1.807, 2.05) is 31.2 Å². The number of hydrogen-bond acceptors (Lipinski definition) is 9. The molecule has 2 aromatic carbocycles. The van der Waals surface area contributed by atoms with E-state index < -0.39 is 6.09 Å². The molecule has 6 rings (SSSR count). The number of nitrogens with one attached hydrogen (secondary N) is 2. The molecule has 1 aliphatic rings. The van der Waals surface area contributed by atoms with Gasteiger partial charge in [0.25, 0.3) is 5.91 Å². The van der Waals surface area contributed by atoms with Crippen LogP contribution in [0.15, 0.2) is 67.0 Å². The number of carbonyl (C=O) groups is 2. The molecule has 0 aliphatic carbocycles. The van der Waals surface area contributed by atoms with Crippen LogP contribution in [0.3, 0.4) is 0 Å². The van der Waals surface area contributed by atoms with E-state index in [2.05, 4.69) is 20.6 Å². The monoisotopic (exact) mass is 627 g/mol. The fraction of sp³-hybridized carbons (Fsp3) is 0.281. The quantitative estimate of drug-likeness (QED) is 0.167. The number of nitrogens with zero attached hydrogens (tertiary/aromatic N) is 5. The van der Waals surface area contributed by atoms with E-state index in [1.54, 1.807) is 54.5 Å². The molecule has 0 bridgehead atoms. The molecule has 12 nitrogen and oxygen atoms in total. The first kappa shape index (κ1) is 29.9. The van der Waals surface area contributed by atoms with E-state index in [0.717, 1.165) is 35.5 Å². The number of carboxylic acid groups (broad SMARTS) is 1. The lowest BCUT2D eigenvalue weighted by atomic mass is 10.1. The van der Waals surface area contributed by atoms with Gasteiger partial charge < -0.3 is 24.8 Å². The third-order valence-corrected chi connectivity index (χ3v) is 8.64. The Bertz CT molecular complexity index is 1800. The van der Waals surface area contributed by atoms with Crippen molar-refractivity contribution in [1.82, 2.24) is 24.6 Å². The van der Waals surface area contributed by atoms with Gasteiger partial charge in [-0.1, -0.05) is 19.1 Å². The van der Waals surface area contributed by atoms with E-state index in [4.69, 9.17) is 14.6 Å². The van der Waals surface area contributed by atoms with Gasteiger partial charge in [0.15, 0.2) is 16.6 Å². The van der Waals surface area contributed by atoms with Crippen LogP contribution in [-0.4, -0.2) is 68.0 Å². The number of aromatic nitrogens is 4. The summed E-state index contributed by atoms with van der Waals surface area (Å²) in [6, 6.07) is 16.3. The van der Waals surface area contributed by atoms with Gasteiger partial charge in [0.05, 0.1) is 13.7 Å². The van der Waals surface area contributed by atoms with Crippen LogP contribution in [0.2, 0.25) is 0 Å². The average Bonchev–Trinajstić information content (AvgIpc) is 3.66. The summed E-state index contributed by atoms with van der Waals surface area (Å²) in [6.07, 6.45) is 4.92. The van der Waals surface area contributed by atoms with Crippen LogP contribution in [0, 0.1) is 0 Å². The van der Waals surface area contributed by atoms with Crippen LogP contribution >= 0.6 is 11.3 Å². The van der Waals surface area contributed by atoms with Gasteiger partial charge >= 0.3 is 6.09 Å². The maximum absolute atomic E-state index is 12.8. The van der Waals surface area contributed by atoms with Crippen LogP contribution < -0.4 is 20.1 Å². The third-order valence-electron chi connectivity index (χ3n) is 7.59. The summed E-state index contributed by atoms with van der Waals surface area (Å²) in [5.41, 5.74) is 2.10. The van der Waals surface area contributed by atoms with Crippen molar-refractivity contribution in [2.45, 2.75) is 38.8 Å². The molecule has 1 saturated heterocycles. The van der Waals surface area contributed by atoms with Crippen LogP contribution in [0.1, 0.15) is 40.6 Å². The van der Waals surface area contributed by atoms with E-state index >= 15 is 0 Å². The first-order chi connectivity index (χ1) is 21.9. The summed E-state index contributed by atoms with van der Waals surface area (Å²) >= 11 is 1.46. The van der Waals surface area contributed by atoms with Crippen molar-refractivity contribution in [2.75, 3.05) is 30.8 Å². The summed E-state index contributed by atoms with van der Waals surface area (Å²) in [5, 5.41) is 22.0. The molecule has 0 saturated carbocycles. The molecule has 45 heavy (non-hydrogen) atoms. The molecule has 2 amide bonds. The normalized spacial score (nSPS) is 14.7. The lowest BCUT2D eigenvalue weighted by Crippen LogP contribution is -2.44. The number of benzene rings is 2. The van der Waals surface area contributed by atoms with Crippen molar-refractivity contribution in [3.05, 3.63) is 83.0 Å². The van der Waals surface area contributed by atoms with Crippen LogP contribution in [0.5, 0.6) is 17.2 Å². The van der Waals surface area contributed by atoms with Gasteiger partial charge in [0.1, 0.15) is 22.6 Å². The predicted molar refractivity (Wildman–Crippen MR) is 172 cm³/mol. The molecule has 4 heterocycles. The third kappa shape index (κ3) is 6.83. The number of likely N-dealkylation sites (tertiary alicyclic amines) is 1. The molecule has 13 heteroatoms. The average molecular weight is 628 g/mol. The maximum Gasteiger partial charge on any atom is 0.407 e. The lowest BCUT2D eigenvalue weighted by Gasteiger charge is -2.31. The second-order valence-electron chi connectivity index (χ2n) is 10.6. The summed E-state index contributed by atoms with van der Waals surface area (Å²) in [4.78, 5) is 35.9. The highest BCUT2D eigenvalue weighted by atomic mass is 32.1. The minimum absolute atomic E-state index is 0.125. The topological polar surface area (TPSA) is 144 Å². The number of hydrogen-bond donors (Lipinski definition) is 3. The summed E-state index contributed by atoms with van der Waals surface area (Å²) in [5.74, 6) is 2.13. The number of aryl methyl sites for hydroxylation is 1. The molecule has 5 aromatic rings. The van der Waals surface area contributed by atoms with Gasteiger partial charge in [0, 0.05) is 48.0 Å². The van der Waals surface area contributed by atoms with Crippen molar-refractivity contribution in [3.8, 4) is 17.2 Å². The van der Waals surface area contributed by atoms with Crippen molar-refractivity contribution in [3.63, 3.8) is 0 Å². The Morgan fingerprint density at radius 3 is 2.56 bits per heavy atom. The Morgan fingerprint density at radius 1 is 1.07 bits per heavy atom. The molecule has 0 radical (unpaired) electrons. The maximum atomic E-state index is 12.8. The Morgan fingerprint density at radius 2 is 1.84 bits per heavy atom. The Labute approximate surface area is 263 Å². The molecule has 3 aromatic heterocycles. The number of methoxy groups -OCH3 is 1. The molecule has 1 aliphatic heterocycles. The minimum Gasteiger partial charge on any atom is -0.497 e. The van der Waals surface area contributed by atoms with Crippen LogP contribution in [0.4, 0.5) is 15.7 Å². The number of pyridine rings is 1. The molecule has 0 spiro atoms. The largest absolute Gasteiger partial charge is 0.497 e. The van der Waals surface area contributed by atoms with Crippen molar-refractivity contribution in [2.24, 2.45) is 0 Å². The zero-order valence-electron chi connectivity index (χ0n) is 24.9. The number of piperidine rings is 1. The van der Waals surface area contributed by atoms with E-state index in [-0.39, 0.29) is 11.9 Å². The van der Waals surface area contributed by atoms with Gasteiger partial charge in [-0.3, -0.25) is 10.1 Å². The SMILES string of the molecule is CCc1cnc(NC(=O)c2ccc(Oc3ccnc4c3c(N[C@@H]3CCCN(C(=O)O)C3)nn4Cc3ccc(OC)cc3)cc2)s1. The first-order valence-electron chi connectivity index (χ1n) is 14.7. The molecule has 1 atom stereocenters. The molecular weight excluding hydrogens is 594 g/mol. The number of carbonyl (C=O) groups excluding carboxylic acids is 1.